The summed E-state index contributed by atoms with van der Waals surface area (Å²) < 4.78 is 5.22. The number of amides is 1. The minimum atomic E-state index is -0.978. The maximum Gasteiger partial charge on any atom is 0.216 e. The summed E-state index contributed by atoms with van der Waals surface area (Å²) in [5.74, 6) is 0.606. The first-order valence-corrected chi connectivity index (χ1v) is 6.62. The van der Waals surface area contributed by atoms with Gasteiger partial charge in [-0.05, 0) is 49.1 Å². The zero-order chi connectivity index (χ0) is 15.3. The van der Waals surface area contributed by atoms with Crippen LogP contribution in [0.3, 0.4) is 0 Å². The average Bonchev–Trinajstić information content (AvgIpc) is 2.39. The smallest absolute Gasteiger partial charge is 0.216 e. The molecule has 112 valence electrons. The van der Waals surface area contributed by atoms with Crippen LogP contribution < -0.4 is 10.1 Å². The molecule has 0 radical (unpaired) electrons. The lowest BCUT2D eigenvalue weighted by Gasteiger charge is -2.21. The molecule has 1 amide bonds. The molecule has 1 aromatic carbocycles. The summed E-state index contributed by atoms with van der Waals surface area (Å²) in [7, 11) is 1.60. The first-order valence-electron chi connectivity index (χ1n) is 6.62. The van der Waals surface area contributed by atoms with Crippen LogP contribution in [0, 0.1) is 13.8 Å². The van der Waals surface area contributed by atoms with Crippen LogP contribution in [0.4, 0.5) is 0 Å². The molecule has 5 heteroatoms. The molecule has 0 saturated carbocycles. The molecule has 2 atom stereocenters. The van der Waals surface area contributed by atoms with Crippen molar-refractivity contribution in [3.05, 3.63) is 28.8 Å². The van der Waals surface area contributed by atoms with Crippen molar-refractivity contribution in [1.82, 2.24) is 5.32 Å². The van der Waals surface area contributed by atoms with E-state index in [1.807, 2.05) is 26.0 Å². The van der Waals surface area contributed by atoms with Crippen molar-refractivity contribution in [2.24, 2.45) is 0 Å². The summed E-state index contributed by atoms with van der Waals surface area (Å²) in [6.07, 6.45) is -1.60. The fourth-order valence-electron chi connectivity index (χ4n) is 2.11. The van der Waals surface area contributed by atoms with E-state index in [4.69, 9.17) is 4.74 Å². The quantitative estimate of drug-likeness (QED) is 0.733. The molecule has 2 unspecified atom stereocenters. The number of benzene rings is 1. The molecule has 0 fully saturated rings. The van der Waals surface area contributed by atoms with E-state index in [-0.39, 0.29) is 5.91 Å². The van der Waals surface area contributed by atoms with Gasteiger partial charge in [0.2, 0.25) is 5.91 Å². The minimum absolute atomic E-state index is 0.150. The van der Waals surface area contributed by atoms with E-state index in [0.717, 1.165) is 16.9 Å². The predicted octanol–water partition coefficient (Wildman–Crippen LogP) is 1.23. The van der Waals surface area contributed by atoms with E-state index in [9.17, 15) is 15.0 Å². The van der Waals surface area contributed by atoms with Crippen molar-refractivity contribution in [3.63, 3.8) is 0 Å². The Labute approximate surface area is 119 Å². The first kappa shape index (κ1) is 16.5. The zero-order valence-corrected chi connectivity index (χ0v) is 12.4. The van der Waals surface area contributed by atoms with Gasteiger partial charge in [-0.1, -0.05) is 0 Å². The fourth-order valence-corrected chi connectivity index (χ4v) is 2.11. The molecule has 3 N–H and O–H groups in total. The Balaban J connectivity index is 2.78. The Morgan fingerprint density at radius 2 is 1.95 bits per heavy atom. The number of aliphatic hydroxyl groups excluding tert-OH is 2. The summed E-state index contributed by atoms with van der Waals surface area (Å²) in [4.78, 5) is 10.8. The first-order chi connectivity index (χ1) is 9.36. The maximum absolute atomic E-state index is 10.8. The molecule has 0 heterocycles. The molecule has 0 aliphatic carbocycles. The lowest BCUT2D eigenvalue weighted by atomic mass is 9.95. The Morgan fingerprint density at radius 3 is 2.50 bits per heavy atom. The van der Waals surface area contributed by atoms with E-state index >= 15 is 0 Å². The lowest BCUT2D eigenvalue weighted by Crippen LogP contribution is -2.28. The second-order valence-electron chi connectivity index (χ2n) is 4.96. The molecular weight excluding hydrogens is 258 g/mol. The normalized spacial score (nSPS) is 13.7. The van der Waals surface area contributed by atoms with Gasteiger partial charge in [0.15, 0.2) is 0 Å². The van der Waals surface area contributed by atoms with E-state index < -0.39 is 12.2 Å². The Hall–Kier alpha value is -1.59. The third-order valence-corrected chi connectivity index (χ3v) is 3.28. The van der Waals surface area contributed by atoms with Gasteiger partial charge >= 0.3 is 0 Å². The van der Waals surface area contributed by atoms with Crippen LogP contribution in [-0.2, 0) is 4.79 Å². The number of carbonyl (C=O) groups is 1. The highest BCUT2D eigenvalue weighted by Crippen LogP contribution is 2.28. The van der Waals surface area contributed by atoms with Crippen LogP contribution in [0.2, 0.25) is 0 Å². The van der Waals surface area contributed by atoms with E-state index in [0.29, 0.717) is 18.5 Å². The van der Waals surface area contributed by atoms with Gasteiger partial charge in [0.25, 0.3) is 0 Å². The van der Waals surface area contributed by atoms with Crippen LogP contribution in [0.1, 0.15) is 36.1 Å². The monoisotopic (exact) mass is 281 g/mol. The lowest BCUT2D eigenvalue weighted by molar-refractivity contribution is -0.119. The summed E-state index contributed by atoms with van der Waals surface area (Å²) in [6, 6.07) is 3.66. The highest BCUT2D eigenvalue weighted by Gasteiger charge is 2.21. The van der Waals surface area contributed by atoms with E-state index in [2.05, 4.69) is 5.32 Å². The number of methoxy groups -OCH3 is 1. The molecular formula is C15H23NO4. The van der Waals surface area contributed by atoms with Crippen LogP contribution in [0.25, 0.3) is 0 Å². The van der Waals surface area contributed by atoms with Gasteiger partial charge in [-0.3, -0.25) is 4.79 Å². The maximum atomic E-state index is 10.8. The highest BCUT2D eigenvalue weighted by molar-refractivity contribution is 5.72. The van der Waals surface area contributed by atoms with Crippen molar-refractivity contribution < 1.29 is 19.7 Å². The number of ether oxygens (including phenoxy) is 1. The van der Waals surface area contributed by atoms with E-state index in [1.165, 1.54) is 6.92 Å². The molecule has 5 nitrogen and oxygen atoms in total. The number of hydrogen-bond donors (Lipinski definition) is 3. The molecule has 0 aliphatic heterocycles. The number of aliphatic hydroxyl groups is 2. The van der Waals surface area contributed by atoms with Gasteiger partial charge in [-0.2, -0.15) is 0 Å². The van der Waals surface area contributed by atoms with Gasteiger partial charge in [-0.25, -0.2) is 0 Å². The topological polar surface area (TPSA) is 78.8 Å². The molecule has 0 aromatic heterocycles. The SMILES string of the molecule is COc1cc(C)c(C(O)C(O)CCNC(C)=O)cc1C. The van der Waals surface area contributed by atoms with Crippen molar-refractivity contribution >= 4 is 5.91 Å². The van der Waals surface area contributed by atoms with Crippen LogP contribution in [0.5, 0.6) is 5.75 Å². The third kappa shape index (κ3) is 4.21. The highest BCUT2D eigenvalue weighted by atomic mass is 16.5. The van der Waals surface area contributed by atoms with Crippen LogP contribution >= 0.6 is 0 Å². The van der Waals surface area contributed by atoms with Gasteiger partial charge < -0.3 is 20.3 Å². The number of hydrogen-bond acceptors (Lipinski definition) is 4. The zero-order valence-electron chi connectivity index (χ0n) is 12.4. The van der Waals surface area contributed by atoms with Crippen molar-refractivity contribution in [1.29, 1.82) is 0 Å². The van der Waals surface area contributed by atoms with Crippen LogP contribution in [0.15, 0.2) is 12.1 Å². The average molecular weight is 281 g/mol. The largest absolute Gasteiger partial charge is 0.496 e. The Bertz CT molecular complexity index is 473. The Kier molecular flexibility index (Phi) is 5.98. The summed E-state index contributed by atoms with van der Waals surface area (Å²) in [5, 5.41) is 22.8. The second kappa shape index (κ2) is 7.26. The van der Waals surface area contributed by atoms with Gasteiger partial charge in [0, 0.05) is 13.5 Å². The molecule has 1 rings (SSSR count). The fraction of sp³-hybridized carbons (Fsp3) is 0.533. The summed E-state index contributed by atoms with van der Waals surface area (Å²) in [5.41, 5.74) is 2.44. The summed E-state index contributed by atoms with van der Waals surface area (Å²) >= 11 is 0. The van der Waals surface area contributed by atoms with Crippen LogP contribution in [-0.4, -0.2) is 35.9 Å². The second-order valence-corrected chi connectivity index (χ2v) is 4.96. The summed E-state index contributed by atoms with van der Waals surface area (Å²) in [6.45, 7) is 5.50. The molecule has 1 aromatic rings. The molecule has 0 spiro atoms. The Morgan fingerprint density at radius 1 is 1.30 bits per heavy atom. The van der Waals surface area contributed by atoms with Gasteiger partial charge in [0.1, 0.15) is 11.9 Å². The number of nitrogens with one attached hydrogen (secondary N) is 1. The standard InChI is InChI=1S/C15H23NO4/c1-9-8-14(20-4)10(2)7-12(9)15(19)13(18)5-6-16-11(3)17/h7-8,13,15,18-19H,5-6H2,1-4H3,(H,16,17). The van der Waals surface area contributed by atoms with Crippen molar-refractivity contribution in [2.75, 3.05) is 13.7 Å². The number of rotatable bonds is 6. The number of carbonyl (C=O) groups excluding carboxylic acids is 1. The van der Waals surface area contributed by atoms with E-state index in [1.54, 1.807) is 7.11 Å². The molecule has 0 aliphatic rings. The molecule has 0 bridgehead atoms. The minimum Gasteiger partial charge on any atom is -0.496 e. The van der Waals surface area contributed by atoms with Crippen molar-refractivity contribution in [2.45, 2.75) is 39.4 Å². The predicted molar refractivity (Wildman–Crippen MR) is 76.7 cm³/mol. The number of aryl methyl sites for hydroxylation is 2. The van der Waals surface area contributed by atoms with Gasteiger partial charge in [-0.15, -0.1) is 0 Å². The molecule has 20 heavy (non-hydrogen) atoms. The molecule has 0 saturated heterocycles. The van der Waals surface area contributed by atoms with Crippen molar-refractivity contribution in [3.8, 4) is 5.75 Å². The third-order valence-electron chi connectivity index (χ3n) is 3.28. The van der Waals surface area contributed by atoms with Gasteiger partial charge in [0.05, 0.1) is 13.2 Å².